The maximum atomic E-state index is 2.56. The zero-order valence-corrected chi connectivity index (χ0v) is 21.3. The maximum Gasteiger partial charge on any atom is 0.0311 e. The number of nitrogens with zero attached hydrogens (tertiary/aromatic N) is 2. The Labute approximate surface area is 206 Å². The number of hydrogen-bond donors (Lipinski definition) is 0. The standard InChI is InChI=1S/C32H42N2/c1-33-17-3-5-31(33)20-23-7-8-29-21-27(14-13-26(29)19-23)24-9-11-25(12-10-24)28-15-16-30(22-28)32-6-4-18-34(32)2/h7-8,13-16,19,21,24-25,31-32H,3-6,9-12,17-18,20,22H2,1-2H3. The van der Waals surface area contributed by atoms with Crippen LogP contribution in [0.1, 0.15) is 74.8 Å². The van der Waals surface area contributed by atoms with Gasteiger partial charge in [-0.15, -0.1) is 0 Å². The molecular formula is C32H42N2. The van der Waals surface area contributed by atoms with Gasteiger partial charge in [-0.3, -0.25) is 4.90 Å². The van der Waals surface area contributed by atoms with Gasteiger partial charge in [0.1, 0.15) is 0 Å². The van der Waals surface area contributed by atoms with Gasteiger partial charge in [0, 0.05) is 12.1 Å². The van der Waals surface area contributed by atoms with E-state index in [0.717, 1.165) is 17.9 Å². The summed E-state index contributed by atoms with van der Waals surface area (Å²) >= 11 is 0. The molecule has 0 bridgehead atoms. The lowest BCUT2D eigenvalue weighted by molar-refractivity contribution is 0.309. The number of hydrogen-bond acceptors (Lipinski definition) is 2. The molecule has 2 aliphatic carbocycles. The number of benzene rings is 2. The van der Waals surface area contributed by atoms with Gasteiger partial charge in [0.05, 0.1) is 0 Å². The lowest BCUT2D eigenvalue weighted by Gasteiger charge is -2.31. The van der Waals surface area contributed by atoms with E-state index in [-0.39, 0.29) is 0 Å². The molecule has 6 rings (SSSR count). The van der Waals surface area contributed by atoms with E-state index in [4.69, 9.17) is 0 Å². The molecule has 2 saturated heterocycles. The topological polar surface area (TPSA) is 6.48 Å². The molecule has 0 spiro atoms. The summed E-state index contributed by atoms with van der Waals surface area (Å²) in [5.74, 6) is 1.55. The van der Waals surface area contributed by atoms with Crippen molar-refractivity contribution in [2.75, 3.05) is 27.2 Å². The molecule has 2 aromatic rings. The maximum absolute atomic E-state index is 2.56. The third-order valence-corrected chi connectivity index (χ3v) is 9.66. The first-order valence-electron chi connectivity index (χ1n) is 14.0. The Balaban J connectivity index is 1.06. The van der Waals surface area contributed by atoms with Gasteiger partial charge < -0.3 is 4.90 Å². The second-order valence-electron chi connectivity index (χ2n) is 11.8. The molecule has 0 N–H and O–H groups in total. The van der Waals surface area contributed by atoms with Crippen molar-refractivity contribution in [1.29, 1.82) is 0 Å². The highest BCUT2D eigenvalue weighted by Crippen LogP contribution is 2.43. The Morgan fingerprint density at radius 1 is 0.706 bits per heavy atom. The highest BCUT2D eigenvalue weighted by atomic mass is 15.1. The van der Waals surface area contributed by atoms with Crippen LogP contribution in [0, 0.1) is 5.92 Å². The van der Waals surface area contributed by atoms with Gasteiger partial charge in [-0.2, -0.15) is 0 Å². The first-order chi connectivity index (χ1) is 16.6. The van der Waals surface area contributed by atoms with Crippen LogP contribution in [0.4, 0.5) is 0 Å². The fraction of sp³-hybridized carbons (Fsp3) is 0.562. The largest absolute Gasteiger partial charge is 0.303 e. The van der Waals surface area contributed by atoms with E-state index >= 15 is 0 Å². The van der Waals surface area contributed by atoms with Gasteiger partial charge in [-0.05, 0) is 131 Å². The summed E-state index contributed by atoms with van der Waals surface area (Å²) < 4.78 is 0. The Hall–Kier alpha value is -1.90. The summed E-state index contributed by atoms with van der Waals surface area (Å²) in [5.41, 5.74) is 6.49. The second-order valence-corrected chi connectivity index (χ2v) is 11.8. The molecule has 4 aliphatic rings. The first-order valence-corrected chi connectivity index (χ1v) is 14.0. The van der Waals surface area contributed by atoms with E-state index in [1.165, 1.54) is 93.6 Å². The number of likely N-dealkylation sites (tertiary alicyclic amines) is 2. The van der Waals surface area contributed by atoms with Crippen molar-refractivity contribution in [3.05, 3.63) is 70.8 Å². The molecule has 2 nitrogen and oxygen atoms in total. The fourth-order valence-corrected chi connectivity index (χ4v) is 7.46. The highest BCUT2D eigenvalue weighted by molar-refractivity contribution is 5.84. The van der Waals surface area contributed by atoms with Crippen LogP contribution < -0.4 is 0 Å². The summed E-state index contributed by atoms with van der Waals surface area (Å²) in [4.78, 5) is 5.10. The minimum absolute atomic E-state index is 0.710. The average Bonchev–Trinajstić information content (AvgIpc) is 3.61. The van der Waals surface area contributed by atoms with Crippen molar-refractivity contribution in [3.63, 3.8) is 0 Å². The van der Waals surface area contributed by atoms with Gasteiger partial charge in [-0.1, -0.05) is 54.1 Å². The number of allylic oxidation sites excluding steroid dienone is 3. The Morgan fingerprint density at radius 2 is 1.41 bits per heavy atom. The molecule has 3 fully saturated rings. The van der Waals surface area contributed by atoms with E-state index < -0.39 is 0 Å². The molecule has 2 aliphatic heterocycles. The quantitative estimate of drug-likeness (QED) is 0.475. The predicted octanol–water partition coefficient (Wildman–Crippen LogP) is 7.10. The lowest BCUT2D eigenvalue weighted by atomic mass is 9.75. The normalized spacial score (nSPS) is 30.8. The second kappa shape index (κ2) is 9.63. The van der Waals surface area contributed by atoms with Crippen molar-refractivity contribution in [2.45, 2.75) is 82.2 Å². The lowest BCUT2D eigenvalue weighted by Crippen LogP contribution is -2.26. The minimum atomic E-state index is 0.710. The van der Waals surface area contributed by atoms with Crippen molar-refractivity contribution in [2.24, 2.45) is 5.92 Å². The molecule has 34 heavy (non-hydrogen) atoms. The predicted molar refractivity (Wildman–Crippen MR) is 144 cm³/mol. The SMILES string of the molecule is CN1CCCC1Cc1ccc2cc(C3CCC(C4=CC=C(C5CCCN5C)C4)CC3)ccc2c1. The number of rotatable bonds is 5. The molecule has 2 atom stereocenters. The van der Waals surface area contributed by atoms with Gasteiger partial charge in [0.2, 0.25) is 0 Å². The molecule has 0 aromatic heterocycles. The van der Waals surface area contributed by atoms with Gasteiger partial charge in [0.25, 0.3) is 0 Å². The third-order valence-electron chi connectivity index (χ3n) is 9.66. The van der Waals surface area contributed by atoms with E-state index in [1.807, 2.05) is 0 Å². The monoisotopic (exact) mass is 454 g/mol. The zero-order chi connectivity index (χ0) is 23.1. The molecular weight excluding hydrogens is 412 g/mol. The highest BCUT2D eigenvalue weighted by Gasteiger charge is 2.30. The van der Waals surface area contributed by atoms with Crippen LogP contribution in [0.3, 0.4) is 0 Å². The van der Waals surface area contributed by atoms with E-state index in [2.05, 4.69) is 72.4 Å². The van der Waals surface area contributed by atoms with Crippen LogP contribution in [0.5, 0.6) is 0 Å². The molecule has 1 saturated carbocycles. The molecule has 180 valence electrons. The van der Waals surface area contributed by atoms with Crippen molar-refractivity contribution >= 4 is 10.8 Å². The third kappa shape index (κ3) is 4.52. The van der Waals surface area contributed by atoms with Crippen molar-refractivity contribution < 1.29 is 0 Å². The summed E-state index contributed by atoms with van der Waals surface area (Å²) in [5, 5.41) is 2.85. The smallest absolute Gasteiger partial charge is 0.0311 e. The Bertz CT molecular complexity index is 1090. The summed E-state index contributed by atoms with van der Waals surface area (Å²) in [6.07, 6.45) is 18.3. The van der Waals surface area contributed by atoms with Gasteiger partial charge in [0.15, 0.2) is 0 Å². The average molecular weight is 455 g/mol. The summed E-state index contributed by atoms with van der Waals surface area (Å²) in [6.45, 7) is 2.53. The zero-order valence-electron chi connectivity index (χ0n) is 21.3. The van der Waals surface area contributed by atoms with Crippen LogP contribution in [0.15, 0.2) is 59.7 Å². The Morgan fingerprint density at radius 3 is 2.18 bits per heavy atom. The van der Waals surface area contributed by atoms with Crippen LogP contribution in [0.25, 0.3) is 10.8 Å². The number of fused-ring (bicyclic) bond motifs is 1. The van der Waals surface area contributed by atoms with Gasteiger partial charge >= 0.3 is 0 Å². The molecule has 2 heterocycles. The van der Waals surface area contributed by atoms with Crippen LogP contribution in [-0.2, 0) is 6.42 Å². The van der Waals surface area contributed by atoms with E-state index in [9.17, 15) is 0 Å². The molecule has 2 unspecified atom stereocenters. The Kier molecular flexibility index (Phi) is 6.39. The van der Waals surface area contributed by atoms with E-state index in [1.54, 1.807) is 16.7 Å². The molecule has 2 heteroatoms. The first kappa shape index (κ1) is 22.6. The van der Waals surface area contributed by atoms with Gasteiger partial charge in [-0.25, -0.2) is 0 Å². The fourth-order valence-electron chi connectivity index (χ4n) is 7.46. The van der Waals surface area contributed by atoms with Crippen LogP contribution in [-0.4, -0.2) is 49.1 Å². The minimum Gasteiger partial charge on any atom is -0.303 e. The van der Waals surface area contributed by atoms with Crippen LogP contribution >= 0.6 is 0 Å². The number of likely N-dealkylation sites (N-methyl/N-ethyl adjacent to an activating group) is 2. The van der Waals surface area contributed by atoms with E-state index in [0.29, 0.717) is 6.04 Å². The van der Waals surface area contributed by atoms with Crippen molar-refractivity contribution in [1.82, 2.24) is 9.80 Å². The van der Waals surface area contributed by atoms with Crippen molar-refractivity contribution in [3.8, 4) is 0 Å². The van der Waals surface area contributed by atoms with Crippen LogP contribution in [0.2, 0.25) is 0 Å². The molecule has 0 radical (unpaired) electrons. The molecule has 2 aromatic carbocycles. The summed E-state index contributed by atoms with van der Waals surface area (Å²) in [6, 6.07) is 16.0. The molecule has 0 amide bonds. The summed E-state index contributed by atoms with van der Waals surface area (Å²) in [7, 11) is 4.59.